The van der Waals surface area contributed by atoms with Gasteiger partial charge in [0.05, 0.1) is 6.20 Å². The Morgan fingerprint density at radius 2 is 1.97 bits per heavy atom. The quantitative estimate of drug-likeness (QED) is 0.468. The number of pyridine rings is 1. The minimum atomic E-state index is -0.252. The van der Waals surface area contributed by atoms with E-state index < -0.39 is 0 Å². The van der Waals surface area contributed by atoms with Crippen LogP contribution in [0.4, 0.5) is 17.3 Å². The van der Waals surface area contributed by atoms with E-state index in [1.54, 1.807) is 36.0 Å². The zero-order valence-corrected chi connectivity index (χ0v) is 18.9. The van der Waals surface area contributed by atoms with Gasteiger partial charge in [0.2, 0.25) is 0 Å². The van der Waals surface area contributed by atoms with Crippen LogP contribution in [0, 0.1) is 0 Å². The summed E-state index contributed by atoms with van der Waals surface area (Å²) in [4.78, 5) is 31.7. The summed E-state index contributed by atoms with van der Waals surface area (Å²) < 4.78 is 6.64. The molecule has 2 aliphatic rings. The van der Waals surface area contributed by atoms with Crippen LogP contribution in [0.3, 0.4) is 0 Å². The van der Waals surface area contributed by atoms with Crippen molar-refractivity contribution >= 4 is 28.9 Å². The first kappa shape index (κ1) is 22.8. The fourth-order valence-corrected chi connectivity index (χ4v) is 4.04. The van der Waals surface area contributed by atoms with Gasteiger partial charge in [0.25, 0.3) is 11.5 Å². The number of carbonyl (C=O) groups is 1. The van der Waals surface area contributed by atoms with Gasteiger partial charge >= 0.3 is 0 Å². The number of amides is 1. The van der Waals surface area contributed by atoms with Gasteiger partial charge in [-0.2, -0.15) is 9.61 Å². The highest BCUT2D eigenvalue weighted by atomic mass is 16.5. The Kier molecular flexibility index (Phi) is 7.56. The minimum Gasteiger partial charge on any atom is -0.381 e. The van der Waals surface area contributed by atoms with Crippen molar-refractivity contribution in [2.24, 2.45) is 0 Å². The summed E-state index contributed by atoms with van der Waals surface area (Å²) in [5.41, 5.74) is 0.946. The van der Waals surface area contributed by atoms with Crippen molar-refractivity contribution in [1.29, 1.82) is 0 Å². The van der Waals surface area contributed by atoms with E-state index in [-0.39, 0.29) is 17.5 Å². The van der Waals surface area contributed by atoms with Gasteiger partial charge < -0.3 is 25.7 Å². The molecule has 4 N–H and O–H groups in total. The summed E-state index contributed by atoms with van der Waals surface area (Å²) in [6.45, 7) is 2.00. The second-order valence-corrected chi connectivity index (χ2v) is 8.24. The number of aromatic nitrogens is 4. The number of aromatic amines is 1. The van der Waals surface area contributed by atoms with Crippen LogP contribution in [0.1, 0.15) is 55.3 Å². The summed E-state index contributed by atoms with van der Waals surface area (Å²) in [5, 5.41) is 13.4. The summed E-state index contributed by atoms with van der Waals surface area (Å²) >= 11 is 0. The maximum absolute atomic E-state index is 12.7. The Hall–Kier alpha value is -3.40. The van der Waals surface area contributed by atoms with Gasteiger partial charge in [-0.15, -0.1) is 0 Å². The van der Waals surface area contributed by atoms with Gasteiger partial charge in [-0.1, -0.05) is 12.8 Å². The largest absolute Gasteiger partial charge is 0.381 e. The highest BCUT2D eigenvalue weighted by molar-refractivity contribution is 6.00. The van der Waals surface area contributed by atoms with E-state index in [1.165, 1.54) is 25.5 Å². The van der Waals surface area contributed by atoms with Crippen LogP contribution in [0.25, 0.3) is 5.65 Å². The second-order valence-electron chi connectivity index (χ2n) is 8.24. The fourth-order valence-electron chi connectivity index (χ4n) is 4.04. The normalized spacial score (nSPS) is 16.2. The summed E-state index contributed by atoms with van der Waals surface area (Å²) in [6, 6.07) is 5.32. The van der Waals surface area contributed by atoms with Gasteiger partial charge in [-0.3, -0.25) is 9.59 Å². The van der Waals surface area contributed by atoms with E-state index in [0.29, 0.717) is 28.5 Å². The molecule has 0 unspecified atom stereocenters. The first-order valence-electron chi connectivity index (χ1n) is 11.6. The van der Waals surface area contributed by atoms with Crippen LogP contribution < -0.4 is 21.5 Å². The Balaban J connectivity index is 0.000000376. The first-order valence-corrected chi connectivity index (χ1v) is 11.6. The summed E-state index contributed by atoms with van der Waals surface area (Å²) in [5.74, 6) is 0.912. The zero-order chi connectivity index (χ0) is 23.0. The number of carbonyl (C=O) groups excluding carboxylic acids is 1. The molecule has 1 aliphatic heterocycles. The number of nitrogens with one attached hydrogen (secondary N) is 4. The van der Waals surface area contributed by atoms with Gasteiger partial charge in [-0.05, 0) is 44.2 Å². The van der Waals surface area contributed by atoms with Crippen molar-refractivity contribution in [3.8, 4) is 0 Å². The predicted octanol–water partition coefficient (Wildman–Crippen LogP) is 3.06. The molecule has 0 aromatic carbocycles. The van der Waals surface area contributed by atoms with Crippen LogP contribution >= 0.6 is 0 Å². The summed E-state index contributed by atoms with van der Waals surface area (Å²) in [7, 11) is 1.76. The molecule has 1 saturated heterocycles. The minimum absolute atomic E-state index is 0.179. The molecule has 1 amide bonds. The van der Waals surface area contributed by atoms with Crippen LogP contribution in [0.5, 0.6) is 0 Å². The number of H-pyrrole nitrogens is 1. The molecule has 0 spiro atoms. The highest BCUT2D eigenvalue weighted by Crippen LogP contribution is 2.22. The van der Waals surface area contributed by atoms with E-state index in [9.17, 15) is 9.59 Å². The van der Waals surface area contributed by atoms with E-state index in [0.717, 1.165) is 38.9 Å². The second kappa shape index (κ2) is 11.0. The van der Waals surface area contributed by atoms with Crippen LogP contribution in [0.2, 0.25) is 0 Å². The topological polar surface area (TPSA) is 125 Å². The zero-order valence-electron chi connectivity index (χ0n) is 18.9. The maximum Gasteiger partial charge on any atom is 0.271 e. The van der Waals surface area contributed by atoms with E-state index in [2.05, 4.69) is 31.0 Å². The average molecular weight is 454 g/mol. The Bertz CT molecular complexity index is 1120. The van der Waals surface area contributed by atoms with Gasteiger partial charge in [-0.25, -0.2) is 4.98 Å². The number of fused-ring (bicyclic) bond motifs is 1. The van der Waals surface area contributed by atoms with E-state index in [4.69, 9.17) is 4.74 Å². The number of rotatable bonds is 5. The molecule has 1 aliphatic carbocycles. The number of hydrogen-bond donors (Lipinski definition) is 4. The molecule has 0 atom stereocenters. The van der Waals surface area contributed by atoms with E-state index in [1.807, 2.05) is 0 Å². The third kappa shape index (κ3) is 5.70. The molecule has 4 heterocycles. The number of nitrogens with zero attached hydrogens (tertiary/aromatic N) is 3. The van der Waals surface area contributed by atoms with Gasteiger partial charge in [0.1, 0.15) is 22.9 Å². The van der Waals surface area contributed by atoms with Crippen LogP contribution in [0.15, 0.2) is 35.4 Å². The third-order valence-electron chi connectivity index (χ3n) is 5.82. The molecule has 5 rings (SSSR count). The molecule has 33 heavy (non-hydrogen) atoms. The Morgan fingerprint density at radius 1 is 1.18 bits per heavy atom. The van der Waals surface area contributed by atoms with Crippen molar-refractivity contribution in [3.63, 3.8) is 0 Å². The van der Waals surface area contributed by atoms with Crippen molar-refractivity contribution < 1.29 is 9.53 Å². The lowest BCUT2D eigenvalue weighted by molar-refractivity contribution is 0.0939. The maximum atomic E-state index is 12.7. The van der Waals surface area contributed by atoms with Gasteiger partial charge in [0, 0.05) is 38.6 Å². The molecular weight excluding hydrogens is 422 g/mol. The third-order valence-corrected chi connectivity index (χ3v) is 5.82. The van der Waals surface area contributed by atoms with Crippen molar-refractivity contribution in [3.05, 3.63) is 46.5 Å². The smallest absolute Gasteiger partial charge is 0.271 e. The Labute approximate surface area is 192 Å². The van der Waals surface area contributed by atoms with Crippen molar-refractivity contribution in [1.82, 2.24) is 24.9 Å². The van der Waals surface area contributed by atoms with Crippen molar-refractivity contribution in [2.75, 3.05) is 30.9 Å². The molecule has 176 valence electrons. The van der Waals surface area contributed by atoms with E-state index >= 15 is 0 Å². The standard InChI is InChI=1S/C18H21N7O2.C5H10O/c1-19-15-9-14(23-13-7-4-8-20-18(13)27)24-16-12(10-21-25(15)16)17(26)22-11-5-2-3-6-11;1-2-4-6-5-3-1/h4,7-11,19H,2-3,5-6H2,1H3,(H,20,27)(H,22,26)(H,23,24);1-5H2. The molecular formula is C23H31N7O3. The molecule has 2 fully saturated rings. The monoisotopic (exact) mass is 453 g/mol. The number of anilines is 3. The fraction of sp³-hybridized carbons (Fsp3) is 0.478. The molecule has 3 aromatic heterocycles. The van der Waals surface area contributed by atoms with Gasteiger partial charge in [0.15, 0.2) is 5.65 Å². The molecule has 1 saturated carbocycles. The average Bonchev–Trinajstić information content (AvgIpc) is 3.51. The molecule has 10 nitrogen and oxygen atoms in total. The lowest BCUT2D eigenvalue weighted by Crippen LogP contribution is -2.32. The molecule has 0 bridgehead atoms. The van der Waals surface area contributed by atoms with Crippen LogP contribution in [-0.4, -0.2) is 51.8 Å². The molecule has 3 aromatic rings. The lowest BCUT2D eigenvalue weighted by atomic mass is 10.2. The number of hydrogen-bond acceptors (Lipinski definition) is 7. The summed E-state index contributed by atoms with van der Waals surface area (Å²) in [6.07, 6.45) is 11.3. The van der Waals surface area contributed by atoms with Crippen molar-refractivity contribution in [2.45, 2.75) is 51.0 Å². The van der Waals surface area contributed by atoms with Crippen LogP contribution in [-0.2, 0) is 4.74 Å². The number of ether oxygens (including phenoxy) is 1. The lowest BCUT2D eigenvalue weighted by Gasteiger charge is -2.12. The Morgan fingerprint density at radius 3 is 2.61 bits per heavy atom. The predicted molar refractivity (Wildman–Crippen MR) is 127 cm³/mol. The first-order chi connectivity index (χ1) is 16.2. The SMILES string of the molecule is C1CCOCC1.CNc1cc(Nc2ccc[nH]c2=O)nc2c(C(=O)NC3CCCC3)cnn12. The highest BCUT2D eigenvalue weighted by Gasteiger charge is 2.22. The molecule has 0 radical (unpaired) electrons. The molecule has 10 heteroatoms.